The van der Waals surface area contributed by atoms with Gasteiger partial charge in [-0.15, -0.1) is 0 Å². The number of aliphatic hydroxyl groups excluding tert-OH is 1. The van der Waals surface area contributed by atoms with Gasteiger partial charge in [-0.25, -0.2) is 4.39 Å². The smallest absolute Gasteiger partial charge is 0.127 e. The Balaban J connectivity index is 2.66. The number of hydrogen-bond donors (Lipinski definition) is 2. The summed E-state index contributed by atoms with van der Waals surface area (Å²) < 4.78 is 18.9. The van der Waals surface area contributed by atoms with Gasteiger partial charge in [0.05, 0.1) is 6.10 Å². The summed E-state index contributed by atoms with van der Waals surface area (Å²) in [5, 5.41) is 12.7. The molecule has 1 atom stereocenters. The van der Waals surface area contributed by atoms with E-state index < -0.39 is 6.10 Å². The fourth-order valence-corrected chi connectivity index (χ4v) is 1.48. The highest BCUT2D eigenvalue weighted by molar-refractivity contribution is 5.29. The van der Waals surface area contributed by atoms with Crippen LogP contribution < -0.4 is 10.1 Å². The molecule has 0 aromatic heterocycles. The Kier molecular flexibility index (Phi) is 5.76. The van der Waals surface area contributed by atoms with Crippen LogP contribution in [-0.4, -0.2) is 23.4 Å². The van der Waals surface area contributed by atoms with Gasteiger partial charge in [0.2, 0.25) is 0 Å². The van der Waals surface area contributed by atoms with E-state index in [9.17, 15) is 9.50 Å². The molecule has 108 valence electrons. The number of nitrogens with one attached hydrogen (secondary N) is 1. The molecule has 0 aliphatic carbocycles. The average Bonchev–Trinajstić information content (AvgIpc) is 2.32. The highest BCUT2D eigenvalue weighted by Gasteiger charge is 2.10. The molecule has 0 aliphatic rings. The molecule has 0 bridgehead atoms. The predicted molar refractivity (Wildman–Crippen MR) is 74.8 cm³/mol. The summed E-state index contributed by atoms with van der Waals surface area (Å²) in [4.78, 5) is 0. The molecule has 0 saturated carbocycles. The summed E-state index contributed by atoms with van der Waals surface area (Å²) in [6.07, 6.45) is 0.104. The molecule has 0 radical (unpaired) electrons. The fraction of sp³-hybridized carbons (Fsp3) is 0.600. The van der Waals surface area contributed by atoms with E-state index in [0.717, 1.165) is 5.56 Å². The maximum atomic E-state index is 13.5. The topological polar surface area (TPSA) is 41.5 Å². The minimum absolute atomic E-state index is 0.0221. The van der Waals surface area contributed by atoms with Gasteiger partial charge in [0.1, 0.15) is 18.2 Å². The van der Waals surface area contributed by atoms with Crippen LogP contribution in [0.5, 0.6) is 5.75 Å². The Labute approximate surface area is 114 Å². The molecular weight excluding hydrogens is 245 g/mol. The van der Waals surface area contributed by atoms with E-state index in [4.69, 9.17) is 4.74 Å². The molecule has 0 amide bonds. The molecule has 1 rings (SSSR count). The molecule has 2 N–H and O–H groups in total. The maximum absolute atomic E-state index is 13.5. The Bertz CT molecular complexity index is 402. The van der Waals surface area contributed by atoms with Crippen molar-refractivity contribution in [1.29, 1.82) is 0 Å². The Morgan fingerprint density at radius 2 is 2.00 bits per heavy atom. The lowest BCUT2D eigenvalue weighted by Crippen LogP contribution is -2.35. The first-order valence-corrected chi connectivity index (χ1v) is 6.65. The highest BCUT2D eigenvalue weighted by Crippen LogP contribution is 2.17. The number of ether oxygens (including phenoxy) is 1. The average molecular weight is 269 g/mol. The highest BCUT2D eigenvalue weighted by atomic mass is 19.1. The lowest BCUT2D eigenvalue weighted by molar-refractivity contribution is 0.104. The van der Waals surface area contributed by atoms with Gasteiger partial charge in [0.15, 0.2) is 0 Å². The van der Waals surface area contributed by atoms with Crippen molar-refractivity contribution in [2.45, 2.75) is 52.3 Å². The van der Waals surface area contributed by atoms with Crippen LogP contribution in [0.15, 0.2) is 18.2 Å². The molecule has 1 aromatic carbocycles. The summed E-state index contributed by atoms with van der Waals surface area (Å²) in [6, 6.07) is 4.62. The monoisotopic (exact) mass is 269 g/mol. The van der Waals surface area contributed by atoms with E-state index in [1.807, 2.05) is 6.92 Å². The van der Waals surface area contributed by atoms with E-state index in [1.165, 1.54) is 12.1 Å². The van der Waals surface area contributed by atoms with Gasteiger partial charge in [0.25, 0.3) is 0 Å². The molecule has 0 saturated heterocycles. The number of hydrogen-bond acceptors (Lipinski definition) is 3. The normalized spacial score (nSPS) is 13.4. The van der Waals surface area contributed by atoms with E-state index in [1.54, 1.807) is 6.07 Å². The van der Waals surface area contributed by atoms with Gasteiger partial charge in [-0.1, -0.05) is 6.92 Å². The van der Waals surface area contributed by atoms with Crippen LogP contribution in [-0.2, 0) is 6.54 Å². The molecule has 3 nitrogen and oxygen atoms in total. The SMILES string of the molecule is CCC(O)COc1cc(F)cc(CNC(C)(C)C)c1. The van der Waals surface area contributed by atoms with Crippen molar-refractivity contribution >= 4 is 0 Å². The summed E-state index contributed by atoms with van der Waals surface area (Å²) in [6.45, 7) is 8.81. The summed E-state index contributed by atoms with van der Waals surface area (Å²) in [7, 11) is 0. The van der Waals surface area contributed by atoms with Gasteiger partial charge in [-0.05, 0) is 44.9 Å². The van der Waals surface area contributed by atoms with Crippen LogP contribution in [0.2, 0.25) is 0 Å². The van der Waals surface area contributed by atoms with Crippen LogP contribution in [0.1, 0.15) is 39.7 Å². The Morgan fingerprint density at radius 3 is 2.58 bits per heavy atom. The fourth-order valence-electron chi connectivity index (χ4n) is 1.48. The van der Waals surface area contributed by atoms with Crippen LogP contribution in [0.25, 0.3) is 0 Å². The van der Waals surface area contributed by atoms with E-state index in [-0.39, 0.29) is 18.0 Å². The minimum atomic E-state index is -0.514. The molecule has 4 heteroatoms. The van der Waals surface area contributed by atoms with Crippen molar-refractivity contribution in [3.05, 3.63) is 29.6 Å². The number of halogens is 1. The second-order valence-electron chi connectivity index (χ2n) is 5.77. The zero-order valence-corrected chi connectivity index (χ0v) is 12.2. The minimum Gasteiger partial charge on any atom is -0.491 e. The number of aliphatic hydroxyl groups is 1. The van der Waals surface area contributed by atoms with Crippen molar-refractivity contribution in [3.63, 3.8) is 0 Å². The predicted octanol–water partition coefficient (Wildman–Crippen LogP) is 2.86. The first kappa shape index (κ1) is 15.9. The summed E-state index contributed by atoms with van der Waals surface area (Å²) in [5.74, 6) is 0.132. The summed E-state index contributed by atoms with van der Waals surface area (Å²) in [5.41, 5.74) is 0.807. The zero-order valence-electron chi connectivity index (χ0n) is 12.2. The molecule has 0 fully saturated rings. The lowest BCUT2D eigenvalue weighted by Gasteiger charge is -2.21. The quantitative estimate of drug-likeness (QED) is 0.834. The molecule has 0 heterocycles. The number of rotatable bonds is 6. The first-order valence-electron chi connectivity index (χ1n) is 6.65. The standard InChI is InChI=1S/C15H24FNO2/c1-5-13(18)10-19-14-7-11(6-12(16)8-14)9-17-15(2,3)4/h6-8,13,17-18H,5,9-10H2,1-4H3. The molecule has 0 spiro atoms. The number of benzene rings is 1. The van der Waals surface area contributed by atoms with Crippen molar-refractivity contribution < 1.29 is 14.2 Å². The van der Waals surface area contributed by atoms with Gasteiger partial charge >= 0.3 is 0 Å². The van der Waals surface area contributed by atoms with Crippen LogP contribution in [0.4, 0.5) is 4.39 Å². The molecule has 19 heavy (non-hydrogen) atoms. The van der Waals surface area contributed by atoms with Gasteiger partial charge in [0, 0.05) is 18.2 Å². The second kappa shape index (κ2) is 6.87. The van der Waals surface area contributed by atoms with E-state index in [2.05, 4.69) is 26.1 Å². The maximum Gasteiger partial charge on any atom is 0.127 e. The van der Waals surface area contributed by atoms with E-state index in [0.29, 0.717) is 18.7 Å². The molecular formula is C15H24FNO2. The molecule has 0 aliphatic heterocycles. The lowest BCUT2D eigenvalue weighted by atomic mass is 10.1. The third-order valence-electron chi connectivity index (χ3n) is 2.67. The van der Waals surface area contributed by atoms with Gasteiger partial charge < -0.3 is 15.2 Å². The molecule has 1 unspecified atom stereocenters. The summed E-state index contributed by atoms with van der Waals surface area (Å²) >= 11 is 0. The third-order valence-corrected chi connectivity index (χ3v) is 2.67. The van der Waals surface area contributed by atoms with Crippen LogP contribution in [0.3, 0.4) is 0 Å². The van der Waals surface area contributed by atoms with Crippen LogP contribution in [0, 0.1) is 5.82 Å². The Morgan fingerprint density at radius 1 is 1.32 bits per heavy atom. The zero-order chi connectivity index (χ0) is 14.5. The van der Waals surface area contributed by atoms with Crippen molar-refractivity contribution in [2.75, 3.05) is 6.61 Å². The second-order valence-corrected chi connectivity index (χ2v) is 5.77. The first-order chi connectivity index (χ1) is 8.80. The largest absolute Gasteiger partial charge is 0.491 e. The van der Waals surface area contributed by atoms with E-state index >= 15 is 0 Å². The van der Waals surface area contributed by atoms with Gasteiger partial charge in [-0.3, -0.25) is 0 Å². The molecule has 1 aromatic rings. The van der Waals surface area contributed by atoms with Crippen molar-refractivity contribution in [2.24, 2.45) is 0 Å². The third kappa shape index (κ3) is 6.55. The van der Waals surface area contributed by atoms with Crippen molar-refractivity contribution in [3.8, 4) is 5.75 Å². The van der Waals surface area contributed by atoms with Gasteiger partial charge in [-0.2, -0.15) is 0 Å². The van der Waals surface area contributed by atoms with Crippen molar-refractivity contribution in [1.82, 2.24) is 5.32 Å². The Hall–Kier alpha value is -1.13. The van der Waals surface area contributed by atoms with Crippen LogP contribution >= 0.6 is 0 Å².